The summed E-state index contributed by atoms with van der Waals surface area (Å²) in [7, 11) is 0. The Bertz CT molecular complexity index is 280. The second-order valence-electron chi connectivity index (χ2n) is 7.50. The van der Waals surface area contributed by atoms with E-state index in [1.54, 1.807) is 0 Å². The van der Waals surface area contributed by atoms with Gasteiger partial charge in [0, 0.05) is 0 Å². The zero-order valence-electron chi connectivity index (χ0n) is 14.0. The molecule has 0 atom stereocenters. The van der Waals surface area contributed by atoms with Gasteiger partial charge in [0.25, 0.3) is 0 Å². The molecule has 2 saturated carbocycles. The van der Waals surface area contributed by atoms with Crippen LogP contribution in [0.1, 0.15) is 84.0 Å². The highest BCUT2D eigenvalue weighted by atomic mass is 19.1. The Balaban J connectivity index is 1.64. The van der Waals surface area contributed by atoms with E-state index in [0.717, 1.165) is 23.7 Å². The van der Waals surface area contributed by atoms with Gasteiger partial charge < -0.3 is 0 Å². The molecule has 0 aromatic heterocycles. The summed E-state index contributed by atoms with van der Waals surface area (Å²) < 4.78 is 12.1. The number of alkyl halides is 1. The molecule has 21 heavy (non-hydrogen) atoms. The smallest absolute Gasteiger partial charge is 0.0928 e. The lowest BCUT2D eigenvalue weighted by molar-refractivity contribution is 0.151. The number of hydrogen-bond donors (Lipinski definition) is 0. The molecule has 0 N–H and O–H groups in total. The molecule has 2 fully saturated rings. The molecular weight excluding hydrogens is 259 g/mol. The largest absolute Gasteiger partial charge is 0.251 e. The third-order valence-electron chi connectivity index (χ3n) is 6.02. The van der Waals surface area contributed by atoms with Crippen LogP contribution in [0.5, 0.6) is 0 Å². The molecule has 2 aliphatic carbocycles. The van der Waals surface area contributed by atoms with Crippen molar-refractivity contribution >= 4 is 0 Å². The predicted octanol–water partition coefficient (Wildman–Crippen LogP) is 6.71. The van der Waals surface area contributed by atoms with Crippen LogP contribution in [0.15, 0.2) is 12.2 Å². The molecule has 0 aromatic rings. The third kappa shape index (κ3) is 5.75. The summed E-state index contributed by atoms with van der Waals surface area (Å²) in [5, 5.41) is 0. The van der Waals surface area contributed by atoms with Crippen LogP contribution >= 0.6 is 0 Å². The second kappa shape index (κ2) is 9.64. The fraction of sp³-hybridized carbons (Fsp3) is 0.900. The fourth-order valence-electron chi connectivity index (χ4n) is 4.60. The molecule has 0 saturated heterocycles. The van der Waals surface area contributed by atoms with Crippen molar-refractivity contribution in [1.82, 2.24) is 0 Å². The molecule has 0 aromatic carbocycles. The van der Waals surface area contributed by atoms with Gasteiger partial charge in [0.15, 0.2) is 0 Å². The van der Waals surface area contributed by atoms with E-state index < -0.39 is 0 Å². The minimum absolute atomic E-state index is 0.201. The van der Waals surface area contributed by atoms with E-state index in [2.05, 4.69) is 19.1 Å². The van der Waals surface area contributed by atoms with Crippen LogP contribution in [0.4, 0.5) is 4.39 Å². The molecule has 0 nitrogen and oxygen atoms in total. The second-order valence-corrected chi connectivity index (χ2v) is 7.50. The molecule has 2 rings (SSSR count). The highest BCUT2D eigenvalue weighted by molar-refractivity contribution is 4.92. The first-order valence-electron chi connectivity index (χ1n) is 9.56. The first kappa shape index (κ1) is 17.0. The van der Waals surface area contributed by atoms with Crippen LogP contribution < -0.4 is 0 Å². The summed E-state index contributed by atoms with van der Waals surface area (Å²) in [6.07, 6.45) is 20.8. The van der Waals surface area contributed by atoms with Crippen molar-refractivity contribution in [3.8, 4) is 0 Å². The summed E-state index contributed by atoms with van der Waals surface area (Å²) >= 11 is 0. The van der Waals surface area contributed by atoms with Crippen LogP contribution in [0.2, 0.25) is 0 Å². The average Bonchev–Trinajstić information content (AvgIpc) is 2.54. The first-order chi connectivity index (χ1) is 10.3. The van der Waals surface area contributed by atoms with Gasteiger partial charge in [-0.2, -0.15) is 0 Å². The average molecular weight is 294 g/mol. The molecule has 0 aliphatic heterocycles. The van der Waals surface area contributed by atoms with E-state index in [0.29, 0.717) is 6.42 Å². The van der Waals surface area contributed by atoms with Crippen LogP contribution in [0.25, 0.3) is 0 Å². The highest BCUT2D eigenvalue weighted by Crippen LogP contribution is 2.42. The van der Waals surface area contributed by atoms with Gasteiger partial charge in [0.1, 0.15) is 0 Å². The number of unbranched alkanes of at least 4 members (excludes halogenated alkanes) is 1. The standard InChI is InChI=1S/C20H35F/c1-2-3-6-17-8-12-19(13-9-17)20-14-10-18(11-15-20)7-4-5-16-21/h4,7,17-20H,2-3,5-6,8-16H2,1H3/t17-,18-,19-,20-. The molecule has 0 radical (unpaired) electrons. The van der Waals surface area contributed by atoms with Crippen molar-refractivity contribution < 1.29 is 4.39 Å². The van der Waals surface area contributed by atoms with Gasteiger partial charge >= 0.3 is 0 Å². The van der Waals surface area contributed by atoms with Gasteiger partial charge in [-0.05, 0) is 68.6 Å². The van der Waals surface area contributed by atoms with Crippen molar-refractivity contribution in [3.05, 3.63) is 12.2 Å². The van der Waals surface area contributed by atoms with Crippen molar-refractivity contribution in [2.75, 3.05) is 6.67 Å². The number of rotatable bonds is 7. The molecule has 0 amide bonds. The number of allylic oxidation sites excluding steroid dienone is 2. The lowest BCUT2D eigenvalue weighted by Crippen LogP contribution is -2.25. The van der Waals surface area contributed by atoms with E-state index in [-0.39, 0.29) is 6.67 Å². The summed E-state index contributed by atoms with van der Waals surface area (Å²) in [6, 6.07) is 0. The normalized spacial score (nSPS) is 34.4. The maximum absolute atomic E-state index is 12.1. The molecular formula is C20H35F. The van der Waals surface area contributed by atoms with Crippen molar-refractivity contribution in [3.63, 3.8) is 0 Å². The van der Waals surface area contributed by atoms with E-state index in [9.17, 15) is 4.39 Å². The zero-order valence-corrected chi connectivity index (χ0v) is 14.0. The Hall–Kier alpha value is -0.330. The number of hydrogen-bond acceptors (Lipinski definition) is 0. The predicted molar refractivity (Wildman–Crippen MR) is 90.2 cm³/mol. The summed E-state index contributed by atoms with van der Waals surface area (Å²) in [5.41, 5.74) is 0. The summed E-state index contributed by atoms with van der Waals surface area (Å²) in [5.74, 6) is 3.82. The maximum atomic E-state index is 12.1. The topological polar surface area (TPSA) is 0 Å². The van der Waals surface area contributed by atoms with Gasteiger partial charge in [-0.3, -0.25) is 4.39 Å². The Morgan fingerprint density at radius 2 is 1.52 bits per heavy atom. The summed E-state index contributed by atoms with van der Waals surface area (Å²) in [4.78, 5) is 0. The van der Waals surface area contributed by atoms with Crippen molar-refractivity contribution in [1.29, 1.82) is 0 Å². The van der Waals surface area contributed by atoms with Crippen molar-refractivity contribution in [2.45, 2.75) is 84.0 Å². The Labute approximate surface area is 131 Å². The monoisotopic (exact) mass is 294 g/mol. The van der Waals surface area contributed by atoms with Gasteiger partial charge in [-0.1, -0.05) is 51.2 Å². The zero-order chi connectivity index (χ0) is 14.9. The van der Waals surface area contributed by atoms with Crippen LogP contribution in [-0.4, -0.2) is 6.67 Å². The molecule has 1 heteroatoms. The van der Waals surface area contributed by atoms with Crippen LogP contribution in [0.3, 0.4) is 0 Å². The Morgan fingerprint density at radius 1 is 0.905 bits per heavy atom. The SMILES string of the molecule is CCCC[C@H]1CC[C@H]([C@H]2CC[C@H](C=CCCF)CC2)CC1. The molecule has 2 aliphatic rings. The van der Waals surface area contributed by atoms with Gasteiger partial charge in [-0.25, -0.2) is 0 Å². The van der Waals surface area contributed by atoms with Crippen LogP contribution in [-0.2, 0) is 0 Å². The van der Waals surface area contributed by atoms with E-state index in [1.807, 2.05) is 0 Å². The quantitative estimate of drug-likeness (QED) is 0.458. The van der Waals surface area contributed by atoms with Gasteiger partial charge in [0.05, 0.1) is 6.67 Å². The van der Waals surface area contributed by atoms with E-state index in [4.69, 9.17) is 0 Å². The first-order valence-corrected chi connectivity index (χ1v) is 9.56. The minimum Gasteiger partial charge on any atom is -0.251 e. The van der Waals surface area contributed by atoms with E-state index >= 15 is 0 Å². The Morgan fingerprint density at radius 3 is 2.10 bits per heavy atom. The minimum atomic E-state index is -0.201. The molecule has 0 spiro atoms. The lowest BCUT2D eigenvalue weighted by atomic mass is 9.68. The van der Waals surface area contributed by atoms with Gasteiger partial charge in [-0.15, -0.1) is 0 Å². The lowest BCUT2D eigenvalue weighted by Gasteiger charge is -2.37. The third-order valence-corrected chi connectivity index (χ3v) is 6.02. The molecule has 0 bridgehead atoms. The molecule has 0 heterocycles. The molecule has 0 unspecified atom stereocenters. The Kier molecular flexibility index (Phi) is 7.82. The summed E-state index contributed by atoms with van der Waals surface area (Å²) in [6.45, 7) is 2.11. The van der Waals surface area contributed by atoms with Gasteiger partial charge in [0.2, 0.25) is 0 Å². The van der Waals surface area contributed by atoms with Crippen LogP contribution in [0, 0.1) is 23.7 Å². The van der Waals surface area contributed by atoms with E-state index in [1.165, 1.54) is 70.6 Å². The number of halogens is 1. The maximum Gasteiger partial charge on any atom is 0.0928 e. The molecule has 122 valence electrons. The fourth-order valence-corrected chi connectivity index (χ4v) is 4.60. The highest BCUT2D eigenvalue weighted by Gasteiger charge is 2.29. The van der Waals surface area contributed by atoms with Crippen molar-refractivity contribution in [2.24, 2.45) is 23.7 Å².